The second-order valence-electron chi connectivity index (χ2n) is 6.63. The van der Waals surface area contributed by atoms with Gasteiger partial charge in [0.25, 0.3) is 0 Å². The minimum Gasteiger partial charge on any atom is -0.504 e. The van der Waals surface area contributed by atoms with Crippen molar-refractivity contribution in [2.45, 2.75) is 18.3 Å². The lowest BCUT2D eigenvalue weighted by Crippen LogP contribution is -2.26. The zero-order chi connectivity index (χ0) is 20.6. The molecule has 0 saturated carbocycles. The normalized spacial score (nSPS) is 20.4. The van der Waals surface area contributed by atoms with Gasteiger partial charge in [0.05, 0.1) is 26.6 Å². The van der Waals surface area contributed by atoms with Crippen molar-refractivity contribution in [2.24, 2.45) is 5.92 Å². The third-order valence-corrected chi connectivity index (χ3v) is 5.15. The van der Waals surface area contributed by atoms with E-state index < -0.39 is 29.7 Å². The van der Waals surface area contributed by atoms with E-state index in [-0.39, 0.29) is 29.4 Å². The number of benzene rings is 2. The molecule has 3 rings (SSSR count). The minimum absolute atomic E-state index is 0.145. The molecule has 8 nitrogen and oxygen atoms in total. The Kier molecular flexibility index (Phi) is 5.04. The summed E-state index contributed by atoms with van der Waals surface area (Å²) in [6, 6.07) is 6.77. The number of hydrogen-bond donors (Lipinski definition) is 4. The highest BCUT2D eigenvalue weighted by Crippen LogP contribution is 2.54. The van der Waals surface area contributed by atoms with Gasteiger partial charge in [0.15, 0.2) is 23.0 Å². The molecule has 1 aliphatic rings. The van der Waals surface area contributed by atoms with Crippen LogP contribution in [-0.2, 0) is 19.1 Å². The Morgan fingerprint density at radius 1 is 0.857 bits per heavy atom. The first-order chi connectivity index (χ1) is 13.3. The summed E-state index contributed by atoms with van der Waals surface area (Å²) in [5.74, 6) is -4.84. The smallest absolute Gasteiger partial charge is 0.310 e. The van der Waals surface area contributed by atoms with Crippen LogP contribution in [0.5, 0.6) is 23.0 Å². The number of carbonyl (C=O) groups excluding carboxylic acids is 2. The average molecular weight is 388 g/mol. The third-order valence-electron chi connectivity index (χ3n) is 5.15. The summed E-state index contributed by atoms with van der Waals surface area (Å²) >= 11 is 0. The first-order valence-electron chi connectivity index (χ1n) is 8.50. The fourth-order valence-corrected chi connectivity index (χ4v) is 3.88. The largest absolute Gasteiger partial charge is 0.504 e. The topological polar surface area (TPSA) is 134 Å². The number of phenols is 4. The molecule has 0 aliphatic heterocycles. The highest BCUT2D eigenvalue weighted by Gasteiger charge is 2.47. The molecule has 0 heterocycles. The second-order valence-corrected chi connectivity index (χ2v) is 6.63. The van der Waals surface area contributed by atoms with Crippen LogP contribution in [0.4, 0.5) is 0 Å². The maximum absolute atomic E-state index is 12.7. The van der Waals surface area contributed by atoms with Crippen molar-refractivity contribution < 1.29 is 39.5 Å². The Labute approximate surface area is 160 Å². The lowest BCUT2D eigenvalue weighted by molar-refractivity contribution is -0.147. The van der Waals surface area contributed by atoms with Gasteiger partial charge in [-0.3, -0.25) is 9.59 Å². The molecule has 3 unspecified atom stereocenters. The fourth-order valence-electron chi connectivity index (χ4n) is 3.88. The molecule has 0 aromatic heterocycles. The lowest BCUT2D eigenvalue weighted by atomic mass is 9.81. The molecule has 28 heavy (non-hydrogen) atoms. The Morgan fingerprint density at radius 2 is 1.46 bits per heavy atom. The number of hydrogen-bond acceptors (Lipinski definition) is 8. The van der Waals surface area contributed by atoms with Gasteiger partial charge >= 0.3 is 11.9 Å². The van der Waals surface area contributed by atoms with Crippen molar-refractivity contribution in [3.8, 4) is 23.0 Å². The molecular formula is C20H20O8. The molecule has 0 fully saturated rings. The number of methoxy groups -OCH3 is 2. The van der Waals surface area contributed by atoms with E-state index in [9.17, 15) is 30.0 Å². The Hall–Kier alpha value is -3.42. The van der Waals surface area contributed by atoms with Gasteiger partial charge < -0.3 is 29.9 Å². The second kappa shape index (κ2) is 7.30. The van der Waals surface area contributed by atoms with Gasteiger partial charge in [0.1, 0.15) is 0 Å². The van der Waals surface area contributed by atoms with Crippen molar-refractivity contribution in [2.75, 3.05) is 14.2 Å². The summed E-state index contributed by atoms with van der Waals surface area (Å²) in [5.41, 5.74) is 1.47. The number of esters is 2. The Morgan fingerprint density at radius 3 is 2.04 bits per heavy atom. The molecule has 1 aliphatic carbocycles. The van der Waals surface area contributed by atoms with Crippen molar-refractivity contribution in [3.05, 3.63) is 47.0 Å². The average Bonchev–Trinajstić information content (AvgIpc) is 2.96. The van der Waals surface area contributed by atoms with Gasteiger partial charge in [0.2, 0.25) is 0 Å². The van der Waals surface area contributed by atoms with Crippen molar-refractivity contribution in [3.63, 3.8) is 0 Å². The van der Waals surface area contributed by atoms with Gasteiger partial charge in [0, 0.05) is 11.8 Å². The predicted octanol–water partition coefficient (Wildman–Crippen LogP) is 2.09. The van der Waals surface area contributed by atoms with E-state index in [1.807, 2.05) is 0 Å². The van der Waals surface area contributed by atoms with E-state index in [0.29, 0.717) is 16.7 Å². The van der Waals surface area contributed by atoms with Gasteiger partial charge in [-0.25, -0.2) is 0 Å². The SMILES string of the molecule is COC(=O)CC1c2cc(O)c(O)cc2C(c2ccc(O)c(O)c2)C1C(=O)OC. The van der Waals surface area contributed by atoms with Crippen LogP contribution < -0.4 is 0 Å². The minimum atomic E-state index is -0.871. The van der Waals surface area contributed by atoms with Crippen LogP contribution in [0.3, 0.4) is 0 Å². The number of ether oxygens (including phenoxy) is 2. The molecule has 0 bridgehead atoms. The quantitative estimate of drug-likeness (QED) is 0.462. The molecule has 148 valence electrons. The predicted molar refractivity (Wildman–Crippen MR) is 96.3 cm³/mol. The van der Waals surface area contributed by atoms with Crippen molar-refractivity contribution in [1.29, 1.82) is 0 Å². The number of aromatic hydroxyl groups is 4. The van der Waals surface area contributed by atoms with E-state index in [4.69, 9.17) is 9.47 Å². The maximum Gasteiger partial charge on any atom is 0.310 e. The Balaban J connectivity index is 2.23. The molecule has 0 spiro atoms. The van der Waals surface area contributed by atoms with Gasteiger partial charge in [-0.2, -0.15) is 0 Å². The van der Waals surface area contributed by atoms with Crippen molar-refractivity contribution >= 4 is 11.9 Å². The summed E-state index contributed by atoms with van der Waals surface area (Å²) in [6.07, 6.45) is -0.145. The van der Waals surface area contributed by atoms with Crippen LogP contribution in [0.25, 0.3) is 0 Å². The maximum atomic E-state index is 12.7. The lowest BCUT2D eigenvalue weighted by Gasteiger charge is -2.23. The van der Waals surface area contributed by atoms with Crippen LogP contribution in [0.1, 0.15) is 34.9 Å². The van der Waals surface area contributed by atoms with E-state index >= 15 is 0 Å². The van der Waals surface area contributed by atoms with Crippen molar-refractivity contribution in [1.82, 2.24) is 0 Å². The number of rotatable bonds is 4. The van der Waals surface area contributed by atoms with Crippen LogP contribution in [-0.4, -0.2) is 46.6 Å². The number of carbonyl (C=O) groups is 2. The summed E-state index contributed by atoms with van der Waals surface area (Å²) in [6.45, 7) is 0. The molecular weight excluding hydrogens is 368 g/mol. The molecule has 2 aromatic rings. The summed E-state index contributed by atoms with van der Waals surface area (Å²) < 4.78 is 9.69. The van der Waals surface area contributed by atoms with Crippen LogP contribution in [0.15, 0.2) is 30.3 Å². The van der Waals surface area contributed by atoms with Crippen LogP contribution in [0.2, 0.25) is 0 Å². The summed E-state index contributed by atoms with van der Waals surface area (Å²) in [4.78, 5) is 24.6. The van der Waals surface area contributed by atoms with Crippen LogP contribution in [0, 0.1) is 5.92 Å². The molecule has 8 heteroatoms. The highest BCUT2D eigenvalue weighted by atomic mass is 16.5. The zero-order valence-electron chi connectivity index (χ0n) is 15.2. The third kappa shape index (κ3) is 3.17. The standard InChI is InChI=1S/C20H20O8/c1-27-17(25)8-12-10-6-15(23)16(24)7-11(10)18(19(12)20(26)28-2)9-3-4-13(21)14(22)5-9/h3-7,12,18-19,21-24H,8H2,1-2H3. The Bertz CT molecular complexity index is 936. The van der Waals surface area contributed by atoms with Gasteiger partial charge in [-0.1, -0.05) is 6.07 Å². The first kappa shape index (κ1) is 19.3. The summed E-state index contributed by atoms with van der Waals surface area (Å²) in [5, 5.41) is 39.5. The van der Waals surface area contributed by atoms with E-state index in [2.05, 4.69) is 0 Å². The van der Waals surface area contributed by atoms with Gasteiger partial charge in [-0.15, -0.1) is 0 Å². The molecule has 3 atom stereocenters. The molecule has 0 amide bonds. The summed E-state index contributed by atoms with van der Waals surface area (Å²) in [7, 11) is 2.45. The number of fused-ring (bicyclic) bond motifs is 1. The fraction of sp³-hybridized carbons (Fsp3) is 0.300. The first-order valence-corrected chi connectivity index (χ1v) is 8.50. The van der Waals surface area contributed by atoms with Crippen LogP contribution >= 0.6 is 0 Å². The molecule has 0 saturated heterocycles. The molecule has 2 aromatic carbocycles. The molecule has 0 radical (unpaired) electrons. The number of phenolic OH excluding ortho intramolecular Hbond substituents is 4. The molecule has 4 N–H and O–H groups in total. The monoisotopic (exact) mass is 388 g/mol. The zero-order valence-corrected chi connectivity index (χ0v) is 15.2. The highest BCUT2D eigenvalue weighted by molar-refractivity contribution is 5.81. The van der Waals surface area contributed by atoms with E-state index in [1.54, 1.807) is 0 Å². The van der Waals surface area contributed by atoms with Gasteiger partial charge in [-0.05, 0) is 41.0 Å². The van der Waals surface area contributed by atoms with E-state index in [0.717, 1.165) is 0 Å². The van der Waals surface area contributed by atoms with E-state index in [1.165, 1.54) is 44.6 Å².